The number of fused-ring (bicyclic) bond motifs is 1. The second-order valence-corrected chi connectivity index (χ2v) is 11.1. The molecule has 3 aromatic rings. The summed E-state index contributed by atoms with van der Waals surface area (Å²) < 4.78 is 27.8. The van der Waals surface area contributed by atoms with Gasteiger partial charge < -0.3 is 16.4 Å². The first-order valence-corrected chi connectivity index (χ1v) is 13.4. The Bertz CT molecular complexity index is 1110. The molecule has 4 rings (SSSR count). The summed E-state index contributed by atoms with van der Waals surface area (Å²) in [7, 11) is -3.38. The highest BCUT2D eigenvalue weighted by atomic mass is 32.2. The normalized spacial score (nSPS) is 19.2. The maximum absolute atomic E-state index is 12.3. The summed E-state index contributed by atoms with van der Waals surface area (Å²) in [4.78, 5) is 9.31. The van der Waals surface area contributed by atoms with E-state index in [2.05, 4.69) is 25.3 Å². The van der Waals surface area contributed by atoms with E-state index >= 15 is 0 Å². The summed E-state index contributed by atoms with van der Waals surface area (Å²) >= 11 is 1.25. The molecule has 8 nitrogen and oxygen atoms in total. The fourth-order valence-electron chi connectivity index (χ4n) is 4.07. The molecule has 1 aliphatic rings. The third-order valence-corrected chi connectivity index (χ3v) is 8.70. The van der Waals surface area contributed by atoms with Gasteiger partial charge in [0.15, 0.2) is 0 Å². The summed E-state index contributed by atoms with van der Waals surface area (Å²) in [6.45, 7) is 2.50. The molecule has 0 amide bonds. The van der Waals surface area contributed by atoms with E-state index in [1.165, 1.54) is 11.3 Å². The van der Waals surface area contributed by atoms with Gasteiger partial charge in [-0.25, -0.2) is 18.1 Å². The smallest absolute Gasteiger partial charge is 0.250 e. The zero-order chi connectivity index (χ0) is 22.4. The third kappa shape index (κ3) is 5.74. The van der Waals surface area contributed by atoms with E-state index in [4.69, 9.17) is 5.73 Å². The molecule has 0 radical (unpaired) electrons. The Kier molecular flexibility index (Phi) is 7.56. The van der Waals surface area contributed by atoms with Crippen LogP contribution in [0.3, 0.4) is 0 Å². The van der Waals surface area contributed by atoms with Crippen molar-refractivity contribution in [1.29, 1.82) is 0 Å². The number of thiophene rings is 1. The summed E-state index contributed by atoms with van der Waals surface area (Å²) in [5.41, 5.74) is 6.53. The number of hydrogen-bond acceptors (Lipinski definition) is 8. The highest BCUT2D eigenvalue weighted by Crippen LogP contribution is 2.29. The predicted molar refractivity (Wildman–Crippen MR) is 131 cm³/mol. The van der Waals surface area contributed by atoms with Crippen LogP contribution in [0.4, 0.5) is 11.8 Å². The molecule has 0 saturated heterocycles. The Morgan fingerprint density at radius 1 is 0.969 bits per heavy atom. The van der Waals surface area contributed by atoms with Gasteiger partial charge in [-0.3, -0.25) is 0 Å². The Morgan fingerprint density at radius 3 is 2.44 bits per heavy atom. The van der Waals surface area contributed by atoms with Crippen LogP contribution in [0.25, 0.3) is 10.9 Å². The molecule has 32 heavy (non-hydrogen) atoms. The standard InChI is InChI=1S/C22H30N6O2S2/c23-11-12-24-21-18-4-1-2-5-19(18)27-22(28-21)25-14-16-7-9-17(10-8-16)15-26-32(29,30)20-6-3-13-31-20/h1-6,13,16-17,26H,7-12,14-15,23H2,(H2,24,25,27,28). The lowest BCUT2D eigenvalue weighted by Crippen LogP contribution is -2.32. The molecule has 0 aliphatic heterocycles. The highest BCUT2D eigenvalue weighted by Gasteiger charge is 2.24. The summed E-state index contributed by atoms with van der Waals surface area (Å²) in [6.07, 6.45) is 4.15. The molecule has 5 N–H and O–H groups in total. The molecule has 0 atom stereocenters. The van der Waals surface area contributed by atoms with Crippen LogP contribution >= 0.6 is 11.3 Å². The van der Waals surface area contributed by atoms with Crippen LogP contribution in [0.2, 0.25) is 0 Å². The lowest BCUT2D eigenvalue weighted by Gasteiger charge is -2.28. The molecule has 1 saturated carbocycles. The van der Waals surface area contributed by atoms with Crippen LogP contribution in [0, 0.1) is 11.8 Å². The van der Waals surface area contributed by atoms with Gasteiger partial charge in [-0.05, 0) is 61.1 Å². The van der Waals surface area contributed by atoms with Crippen molar-refractivity contribution >= 4 is 44.0 Å². The van der Waals surface area contributed by atoms with Crippen molar-refractivity contribution in [1.82, 2.24) is 14.7 Å². The molecule has 0 bridgehead atoms. The monoisotopic (exact) mass is 474 g/mol. The second-order valence-electron chi connectivity index (χ2n) is 8.18. The third-order valence-electron chi connectivity index (χ3n) is 5.88. The minimum atomic E-state index is -3.38. The van der Waals surface area contributed by atoms with Crippen LogP contribution in [0.1, 0.15) is 25.7 Å². The van der Waals surface area contributed by atoms with E-state index in [-0.39, 0.29) is 0 Å². The first kappa shape index (κ1) is 22.9. The average Bonchev–Trinajstić information content (AvgIpc) is 3.37. The Hall–Kier alpha value is -2.27. The van der Waals surface area contributed by atoms with Crippen molar-refractivity contribution in [2.45, 2.75) is 29.9 Å². The van der Waals surface area contributed by atoms with Crippen molar-refractivity contribution in [3.63, 3.8) is 0 Å². The number of sulfonamides is 1. The van der Waals surface area contributed by atoms with E-state index in [1.54, 1.807) is 17.5 Å². The van der Waals surface area contributed by atoms with Crippen molar-refractivity contribution < 1.29 is 8.42 Å². The van der Waals surface area contributed by atoms with E-state index in [9.17, 15) is 8.42 Å². The van der Waals surface area contributed by atoms with Crippen molar-refractivity contribution in [3.8, 4) is 0 Å². The van der Waals surface area contributed by atoms with Gasteiger partial charge >= 0.3 is 0 Å². The fourth-order valence-corrected chi connectivity index (χ4v) is 6.23. The SMILES string of the molecule is NCCNc1nc(NCC2CCC(CNS(=O)(=O)c3cccs3)CC2)nc2ccccc12. The molecule has 2 heterocycles. The number of rotatable bonds is 10. The molecule has 172 valence electrons. The average molecular weight is 475 g/mol. The van der Waals surface area contributed by atoms with E-state index < -0.39 is 10.0 Å². The van der Waals surface area contributed by atoms with Gasteiger partial charge in [-0.2, -0.15) is 4.98 Å². The van der Waals surface area contributed by atoms with Gasteiger partial charge in [0.2, 0.25) is 16.0 Å². The largest absolute Gasteiger partial charge is 0.368 e. The van der Waals surface area contributed by atoms with Gasteiger partial charge in [-0.1, -0.05) is 18.2 Å². The molecule has 1 aromatic carbocycles. The molecular weight excluding hydrogens is 444 g/mol. The van der Waals surface area contributed by atoms with E-state index in [0.29, 0.717) is 41.6 Å². The minimum absolute atomic E-state index is 0.380. The maximum atomic E-state index is 12.3. The van der Waals surface area contributed by atoms with Gasteiger partial charge in [-0.15, -0.1) is 11.3 Å². The number of anilines is 2. The number of aromatic nitrogens is 2. The van der Waals surface area contributed by atoms with Gasteiger partial charge in [0, 0.05) is 31.6 Å². The van der Waals surface area contributed by atoms with Crippen LogP contribution in [-0.4, -0.2) is 44.6 Å². The molecule has 2 aromatic heterocycles. The maximum Gasteiger partial charge on any atom is 0.250 e. The number of para-hydroxylation sites is 1. The Labute approximate surface area is 193 Å². The van der Waals surface area contributed by atoms with Gasteiger partial charge in [0.1, 0.15) is 10.0 Å². The topological polar surface area (TPSA) is 122 Å². The van der Waals surface area contributed by atoms with Crippen molar-refractivity contribution in [2.24, 2.45) is 17.6 Å². The van der Waals surface area contributed by atoms with E-state index in [1.807, 2.05) is 24.3 Å². The predicted octanol–water partition coefficient (Wildman–Crippen LogP) is 3.26. The van der Waals surface area contributed by atoms with Crippen LogP contribution in [0.5, 0.6) is 0 Å². The Balaban J connectivity index is 1.28. The lowest BCUT2D eigenvalue weighted by molar-refractivity contribution is 0.284. The van der Waals surface area contributed by atoms with Gasteiger partial charge in [0.05, 0.1) is 5.52 Å². The zero-order valence-corrected chi connectivity index (χ0v) is 19.6. The van der Waals surface area contributed by atoms with Crippen LogP contribution in [-0.2, 0) is 10.0 Å². The molecule has 1 fully saturated rings. The number of benzene rings is 1. The van der Waals surface area contributed by atoms with Crippen molar-refractivity contribution in [2.75, 3.05) is 36.8 Å². The van der Waals surface area contributed by atoms with Crippen LogP contribution < -0.4 is 21.1 Å². The first-order chi connectivity index (χ1) is 15.5. The van der Waals surface area contributed by atoms with Crippen molar-refractivity contribution in [3.05, 3.63) is 41.8 Å². The molecule has 1 aliphatic carbocycles. The molecule has 0 spiro atoms. The fraction of sp³-hybridized carbons (Fsp3) is 0.455. The second kappa shape index (κ2) is 10.6. The minimum Gasteiger partial charge on any atom is -0.368 e. The lowest BCUT2D eigenvalue weighted by atomic mass is 9.82. The zero-order valence-electron chi connectivity index (χ0n) is 18.0. The highest BCUT2D eigenvalue weighted by molar-refractivity contribution is 7.91. The summed E-state index contributed by atoms with van der Waals surface area (Å²) in [5.74, 6) is 2.32. The van der Waals surface area contributed by atoms with E-state index in [0.717, 1.165) is 48.9 Å². The summed E-state index contributed by atoms with van der Waals surface area (Å²) in [6, 6.07) is 11.3. The quantitative estimate of drug-likeness (QED) is 0.356. The number of nitrogens with one attached hydrogen (secondary N) is 3. The number of nitrogens with zero attached hydrogens (tertiary/aromatic N) is 2. The first-order valence-electron chi connectivity index (χ1n) is 11.0. The summed E-state index contributed by atoms with van der Waals surface area (Å²) in [5, 5.41) is 9.46. The molecular formula is C22H30N6O2S2. The molecule has 0 unspecified atom stereocenters. The van der Waals surface area contributed by atoms with Gasteiger partial charge in [0.25, 0.3) is 0 Å². The Morgan fingerprint density at radius 2 is 1.72 bits per heavy atom. The van der Waals surface area contributed by atoms with Crippen LogP contribution in [0.15, 0.2) is 46.0 Å². The molecule has 10 heteroatoms. The number of hydrogen-bond donors (Lipinski definition) is 4. The number of nitrogens with two attached hydrogens (primary N) is 1.